The Balaban J connectivity index is 1.53. The zero-order chi connectivity index (χ0) is 22.5. The average molecular weight is 438 g/mol. The van der Waals surface area contributed by atoms with Gasteiger partial charge in [0.05, 0.1) is 27.5 Å². The van der Waals surface area contributed by atoms with Gasteiger partial charge in [-0.15, -0.1) is 0 Å². The minimum atomic E-state index is -0.261. The van der Waals surface area contributed by atoms with Crippen LogP contribution in [0.25, 0.3) is 11.2 Å². The summed E-state index contributed by atoms with van der Waals surface area (Å²) in [5.74, 6) is 2.42. The van der Waals surface area contributed by atoms with Crippen LogP contribution in [-0.4, -0.2) is 48.4 Å². The predicted octanol–water partition coefficient (Wildman–Crippen LogP) is 3.86. The van der Waals surface area contributed by atoms with E-state index in [0.29, 0.717) is 45.7 Å². The maximum atomic E-state index is 12.2. The first-order valence-electron chi connectivity index (χ1n) is 10.4. The number of nitrogens with zero attached hydrogens (tertiary/aromatic N) is 3. The SMILES string of the molecule is COc1cc(Nc2cnc3ccc(NC(=O)NC4CCCC4)nc3n2)cc(OC)c1OC. The molecule has 3 aromatic rings. The zero-order valence-corrected chi connectivity index (χ0v) is 18.3. The number of amides is 2. The summed E-state index contributed by atoms with van der Waals surface area (Å²) < 4.78 is 16.1. The van der Waals surface area contributed by atoms with Crippen LogP contribution in [0.1, 0.15) is 25.7 Å². The lowest BCUT2D eigenvalue weighted by molar-refractivity contribution is 0.248. The summed E-state index contributed by atoms with van der Waals surface area (Å²) in [4.78, 5) is 25.6. The highest BCUT2D eigenvalue weighted by Crippen LogP contribution is 2.40. The van der Waals surface area contributed by atoms with Gasteiger partial charge in [0.2, 0.25) is 5.75 Å². The molecule has 10 heteroatoms. The molecule has 1 aliphatic carbocycles. The molecule has 168 valence electrons. The Labute approximate surface area is 185 Å². The van der Waals surface area contributed by atoms with Crippen molar-refractivity contribution in [1.29, 1.82) is 0 Å². The van der Waals surface area contributed by atoms with E-state index in [1.807, 2.05) is 0 Å². The molecule has 1 fully saturated rings. The van der Waals surface area contributed by atoms with Crippen molar-refractivity contribution in [2.75, 3.05) is 32.0 Å². The van der Waals surface area contributed by atoms with Crippen LogP contribution in [0.2, 0.25) is 0 Å². The third-order valence-electron chi connectivity index (χ3n) is 5.28. The van der Waals surface area contributed by atoms with Crippen molar-refractivity contribution in [2.45, 2.75) is 31.7 Å². The van der Waals surface area contributed by atoms with E-state index in [9.17, 15) is 4.79 Å². The number of benzene rings is 1. The molecular weight excluding hydrogens is 412 g/mol. The molecule has 0 unspecified atom stereocenters. The molecule has 32 heavy (non-hydrogen) atoms. The van der Waals surface area contributed by atoms with E-state index in [1.165, 1.54) is 0 Å². The second kappa shape index (κ2) is 9.54. The number of aromatic nitrogens is 3. The van der Waals surface area contributed by atoms with E-state index in [-0.39, 0.29) is 12.1 Å². The minimum Gasteiger partial charge on any atom is -0.493 e. The molecule has 0 saturated heterocycles. The molecule has 0 radical (unpaired) electrons. The van der Waals surface area contributed by atoms with Gasteiger partial charge < -0.3 is 24.8 Å². The molecule has 2 amide bonds. The van der Waals surface area contributed by atoms with Gasteiger partial charge in [-0.25, -0.2) is 19.7 Å². The molecule has 10 nitrogen and oxygen atoms in total. The van der Waals surface area contributed by atoms with Crippen molar-refractivity contribution in [3.8, 4) is 17.2 Å². The number of pyridine rings is 1. The molecule has 3 N–H and O–H groups in total. The van der Waals surface area contributed by atoms with Gasteiger partial charge in [0.25, 0.3) is 0 Å². The summed E-state index contributed by atoms with van der Waals surface area (Å²) in [5, 5.41) is 8.93. The largest absolute Gasteiger partial charge is 0.493 e. The summed E-state index contributed by atoms with van der Waals surface area (Å²) in [7, 11) is 4.66. The number of hydrogen-bond acceptors (Lipinski definition) is 8. The predicted molar refractivity (Wildman–Crippen MR) is 121 cm³/mol. The lowest BCUT2D eigenvalue weighted by Crippen LogP contribution is -2.36. The highest BCUT2D eigenvalue weighted by molar-refractivity contribution is 5.89. The maximum Gasteiger partial charge on any atom is 0.320 e. The fraction of sp³-hybridized carbons (Fsp3) is 0.364. The second-order valence-electron chi connectivity index (χ2n) is 7.41. The van der Waals surface area contributed by atoms with Gasteiger partial charge in [0.1, 0.15) is 11.3 Å². The number of hydrogen-bond donors (Lipinski definition) is 3. The lowest BCUT2D eigenvalue weighted by Gasteiger charge is -2.15. The Bertz CT molecular complexity index is 1090. The summed E-state index contributed by atoms with van der Waals surface area (Å²) in [5.41, 5.74) is 1.70. The van der Waals surface area contributed by atoms with Crippen molar-refractivity contribution in [3.63, 3.8) is 0 Å². The first-order valence-corrected chi connectivity index (χ1v) is 10.4. The van der Waals surface area contributed by atoms with Crippen molar-refractivity contribution >= 4 is 34.5 Å². The summed E-state index contributed by atoms with van der Waals surface area (Å²) in [6.45, 7) is 0. The molecule has 0 aliphatic heterocycles. The number of carbonyl (C=O) groups is 1. The second-order valence-corrected chi connectivity index (χ2v) is 7.41. The fourth-order valence-electron chi connectivity index (χ4n) is 3.74. The van der Waals surface area contributed by atoms with Crippen LogP contribution < -0.4 is 30.2 Å². The van der Waals surface area contributed by atoms with E-state index in [2.05, 4.69) is 30.9 Å². The quantitative estimate of drug-likeness (QED) is 0.509. The van der Waals surface area contributed by atoms with Gasteiger partial charge in [0.15, 0.2) is 23.0 Å². The Morgan fingerprint density at radius 3 is 2.31 bits per heavy atom. The van der Waals surface area contributed by atoms with Gasteiger partial charge in [0, 0.05) is 23.9 Å². The number of anilines is 3. The number of rotatable bonds is 7. The van der Waals surface area contributed by atoms with Crippen LogP contribution in [0.4, 0.5) is 22.1 Å². The highest BCUT2D eigenvalue weighted by Gasteiger charge is 2.17. The molecule has 0 atom stereocenters. The monoisotopic (exact) mass is 438 g/mol. The third-order valence-corrected chi connectivity index (χ3v) is 5.28. The Hall–Kier alpha value is -3.82. The first kappa shape index (κ1) is 21.4. The molecule has 1 aromatic carbocycles. The van der Waals surface area contributed by atoms with Gasteiger partial charge in [-0.3, -0.25) is 5.32 Å². The van der Waals surface area contributed by atoms with E-state index >= 15 is 0 Å². The smallest absolute Gasteiger partial charge is 0.320 e. The molecule has 2 aromatic heterocycles. The normalized spacial score (nSPS) is 13.6. The van der Waals surface area contributed by atoms with Crippen LogP contribution in [0, 0.1) is 0 Å². The van der Waals surface area contributed by atoms with E-state index in [4.69, 9.17) is 14.2 Å². The maximum absolute atomic E-state index is 12.2. The Morgan fingerprint density at radius 1 is 0.969 bits per heavy atom. The van der Waals surface area contributed by atoms with Crippen LogP contribution in [0.3, 0.4) is 0 Å². The molecule has 0 spiro atoms. The number of urea groups is 1. The van der Waals surface area contributed by atoms with Crippen LogP contribution in [0.5, 0.6) is 17.2 Å². The van der Waals surface area contributed by atoms with E-state index < -0.39 is 0 Å². The number of nitrogens with one attached hydrogen (secondary N) is 3. The number of fused-ring (bicyclic) bond motifs is 1. The van der Waals surface area contributed by atoms with Gasteiger partial charge in [-0.1, -0.05) is 12.8 Å². The third kappa shape index (κ3) is 4.74. The van der Waals surface area contributed by atoms with Crippen molar-refractivity contribution in [2.24, 2.45) is 0 Å². The van der Waals surface area contributed by atoms with Crippen molar-refractivity contribution in [3.05, 3.63) is 30.5 Å². The van der Waals surface area contributed by atoms with Gasteiger partial charge in [-0.05, 0) is 25.0 Å². The zero-order valence-electron chi connectivity index (χ0n) is 18.3. The number of ether oxygens (including phenoxy) is 3. The number of carbonyl (C=O) groups excluding carboxylic acids is 1. The molecular formula is C22H26N6O4. The topological polar surface area (TPSA) is 120 Å². The highest BCUT2D eigenvalue weighted by atomic mass is 16.5. The van der Waals surface area contributed by atoms with Crippen LogP contribution in [-0.2, 0) is 0 Å². The van der Waals surface area contributed by atoms with Crippen LogP contribution in [0.15, 0.2) is 30.5 Å². The first-order chi connectivity index (χ1) is 15.6. The summed E-state index contributed by atoms with van der Waals surface area (Å²) in [6.07, 6.45) is 5.93. The molecule has 1 saturated carbocycles. The van der Waals surface area contributed by atoms with Gasteiger partial charge in [-0.2, -0.15) is 0 Å². The minimum absolute atomic E-state index is 0.226. The standard InChI is InChI=1S/C22H26N6O4/c1-30-16-10-14(11-17(31-2)20(16)32-3)24-19-12-23-15-8-9-18(26-21(15)27-19)28-22(29)25-13-6-4-5-7-13/h8-13H,4-7H2,1-3H3,(H3,24,25,26,27,28,29). The van der Waals surface area contributed by atoms with E-state index in [1.54, 1.807) is 51.8 Å². The van der Waals surface area contributed by atoms with Gasteiger partial charge >= 0.3 is 6.03 Å². The number of methoxy groups -OCH3 is 3. The fourth-order valence-corrected chi connectivity index (χ4v) is 3.74. The molecule has 1 aliphatic rings. The van der Waals surface area contributed by atoms with Crippen LogP contribution >= 0.6 is 0 Å². The average Bonchev–Trinajstić information content (AvgIpc) is 3.31. The Morgan fingerprint density at radius 2 is 1.66 bits per heavy atom. The van der Waals surface area contributed by atoms with E-state index in [0.717, 1.165) is 25.7 Å². The lowest BCUT2D eigenvalue weighted by atomic mass is 10.2. The Kier molecular flexibility index (Phi) is 6.39. The summed E-state index contributed by atoms with van der Waals surface area (Å²) >= 11 is 0. The molecule has 2 heterocycles. The molecule has 0 bridgehead atoms. The summed E-state index contributed by atoms with van der Waals surface area (Å²) in [6, 6.07) is 6.98. The molecule has 4 rings (SSSR count). The van der Waals surface area contributed by atoms with Crippen molar-refractivity contribution in [1.82, 2.24) is 20.3 Å². The van der Waals surface area contributed by atoms with Crippen molar-refractivity contribution < 1.29 is 19.0 Å².